The van der Waals surface area contributed by atoms with Gasteiger partial charge in [0.2, 0.25) is 5.91 Å². The van der Waals surface area contributed by atoms with Gasteiger partial charge in [0.1, 0.15) is 37.1 Å². The molecule has 2 N–H and O–H groups in total. The summed E-state index contributed by atoms with van der Waals surface area (Å²) in [5, 5.41) is 4.90. The Morgan fingerprint density at radius 2 is 1.18 bits per heavy atom. The van der Waals surface area contributed by atoms with Crippen LogP contribution in [-0.4, -0.2) is 73.6 Å². The minimum Gasteiger partial charge on any atom is -0.464 e. The Labute approximate surface area is 325 Å². The van der Waals surface area contributed by atoms with Crippen LogP contribution in [0.2, 0.25) is 0 Å². The molecule has 4 aromatic carbocycles. The van der Waals surface area contributed by atoms with Gasteiger partial charge in [0.05, 0.1) is 39.1 Å². The van der Waals surface area contributed by atoms with Crippen LogP contribution in [0.5, 0.6) is 0 Å². The van der Waals surface area contributed by atoms with Gasteiger partial charge in [0.15, 0.2) is 0 Å². The molecular formula is C43H48F2N2O9. The first-order chi connectivity index (χ1) is 27.1. The van der Waals surface area contributed by atoms with E-state index in [2.05, 4.69) is 10.6 Å². The molecule has 1 aliphatic heterocycles. The van der Waals surface area contributed by atoms with E-state index >= 15 is 8.78 Å². The lowest BCUT2D eigenvalue weighted by Crippen LogP contribution is -2.69. The minimum atomic E-state index is -3.90. The largest absolute Gasteiger partial charge is 0.464 e. The van der Waals surface area contributed by atoms with Crippen molar-refractivity contribution in [1.82, 2.24) is 10.6 Å². The van der Waals surface area contributed by atoms with Crippen LogP contribution in [0.4, 0.5) is 13.6 Å². The lowest BCUT2D eigenvalue weighted by Gasteiger charge is -2.48. The predicted molar refractivity (Wildman–Crippen MR) is 202 cm³/mol. The van der Waals surface area contributed by atoms with Crippen molar-refractivity contribution >= 4 is 18.0 Å². The lowest BCUT2D eigenvalue weighted by molar-refractivity contribution is -0.275. The van der Waals surface area contributed by atoms with Crippen LogP contribution >= 0.6 is 0 Å². The number of amides is 2. The number of rotatable bonds is 19. The van der Waals surface area contributed by atoms with Gasteiger partial charge in [0, 0.05) is 13.3 Å². The van der Waals surface area contributed by atoms with Crippen molar-refractivity contribution in [2.45, 2.75) is 89.1 Å². The molecule has 298 valence electrons. The molecule has 1 heterocycles. The van der Waals surface area contributed by atoms with Gasteiger partial charge in [-0.25, -0.2) is 18.4 Å². The van der Waals surface area contributed by atoms with Crippen LogP contribution in [-0.2, 0) is 64.4 Å². The van der Waals surface area contributed by atoms with Crippen LogP contribution in [0.1, 0.15) is 42.5 Å². The molecule has 11 nitrogen and oxygen atoms in total. The van der Waals surface area contributed by atoms with Gasteiger partial charge in [-0.2, -0.15) is 0 Å². The number of alkyl halides is 2. The highest BCUT2D eigenvalue weighted by atomic mass is 19.3. The normalized spacial score (nSPS) is 20.0. The number of halogens is 2. The second kappa shape index (κ2) is 21.2. The molecule has 0 aromatic heterocycles. The fraction of sp³-hybridized carbons (Fsp3) is 0.372. The molecule has 0 aliphatic carbocycles. The fourth-order valence-corrected chi connectivity index (χ4v) is 6.36. The van der Waals surface area contributed by atoms with Gasteiger partial charge in [-0.15, -0.1) is 0 Å². The zero-order valence-corrected chi connectivity index (χ0v) is 31.4. The van der Waals surface area contributed by atoms with E-state index in [9.17, 15) is 14.4 Å². The van der Waals surface area contributed by atoms with Crippen molar-refractivity contribution in [3.05, 3.63) is 144 Å². The summed E-state index contributed by atoms with van der Waals surface area (Å²) in [7, 11) is 0. The summed E-state index contributed by atoms with van der Waals surface area (Å²) in [5.74, 6) is -5.62. The summed E-state index contributed by atoms with van der Waals surface area (Å²) in [6.07, 6.45) is -7.82. The topological polar surface area (TPSA) is 131 Å². The lowest BCUT2D eigenvalue weighted by atomic mass is 9.86. The van der Waals surface area contributed by atoms with E-state index in [0.29, 0.717) is 5.56 Å². The molecule has 1 saturated heterocycles. The van der Waals surface area contributed by atoms with E-state index in [-0.39, 0.29) is 39.6 Å². The second-order valence-corrected chi connectivity index (χ2v) is 13.3. The zero-order valence-electron chi connectivity index (χ0n) is 31.4. The number of hydrogen-bond acceptors (Lipinski definition) is 9. The van der Waals surface area contributed by atoms with Crippen LogP contribution in [0.25, 0.3) is 0 Å². The first kappa shape index (κ1) is 41.9. The highest BCUT2D eigenvalue weighted by molar-refractivity contribution is 5.81. The highest BCUT2D eigenvalue weighted by Gasteiger charge is 2.58. The predicted octanol–water partition coefficient (Wildman–Crippen LogP) is 6.53. The van der Waals surface area contributed by atoms with Gasteiger partial charge in [-0.05, 0) is 29.2 Å². The number of carbonyl (C=O) groups is 3. The molecular weight excluding hydrogens is 726 g/mol. The Hall–Kier alpha value is -5.21. The third-order valence-electron chi connectivity index (χ3n) is 8.99. The van der Waals surface area contributed by atoms with Crippen molar-refractivity contribution in [3.63, 3.8) is 0 Å². The Kier molecular flexibility index (Phi) is 15.9. The first-order valence-corrected chi connectivity index (χ1v) is 18.5. The zero-order chi connectivity index (χ0) is 39.8. The summed E-state index contributed by atoms with van der Waals surface area (Å²) < 4.78 is 69.6. The molecule has 56 heavy (non-hydrogen) atoms. The molecule has 13 heteroatoms. The van der Waals surface area contributed by atoms with Gasteiger partial charge in [0.25, 0.3) is 5.92 Å². The second-order valence-electron chi connectivity index (χ2n) is 13.3. The van der Waals surface area contributed by atoms with Crippen molar-refractivity contribution in [1.29, 1.82) is 0 Å². The molecule has 6 atom stereocenters. The molecule has 1 aliphatic rings. The number of ether oxygens (including phenoxy) is 6. The number of carbonyl (C=O) groups excluding carboxylic acids is 3. The molecule has 0 unspecified atom stereocenters. The summed E-state index contributed by atoms with van der Waals surface area (Å²) in [6, 6.07) is 33.1. The summed E-state index contributed by atoms with van der Waals surface area (Å²) in [5.41, 5.74) is 3.07. The quantitative estimate of drug-likeness (QED) is 0.102. The van der Waals surface area contributed by atoms with Crippen LogP contribution in [0.3, 0.4) is 0 Å². The number of hydrogen-bond donors (Lipinski definition) is 2. The van der Waals surface area contributed by atoms with E-state index in [0.717, 1.165) is 16.7 Å². The van der Waals surface area contributed by atoms with Crippen molar-refractivity contribution in [2.75, 3.05) is 13.2 Å². The maximum absolute atomic E-state index is 17.0. The fourth-order valence-electron chi connectivity index (χ4n) is 6.36. The van der Waals surface area contributed by atoms with Crippen LogP contribution < -0.4 is 10.6 Å². The molecule has 0 bridgehead atoms. The Bertz CT molecular complexity index is 1790. The molecule has 4 aromatic rings. The van der Waals surface area contributed by atoms with Gasteiger partial charge >= 0.3 is 12.1 Å². The summed E-state index contributed by atoms with van der Waals surface area (Å²) in [4.78, 5) is 38.7. The number of alkyl carbamates (subject to hydrolysis) is 1. The van der Waals surface area contributed by atoms with E-state index in [1.165, 1.54) is 13.8 Å². The molecule has 0 spiro atoms. The van der Waals surface area contributed by atoms with E-state index in [1.807, 2.05) is 91.0 Å². The summed E-state index contributed by atoms with van der Waals surface area (Å²) >= 11 is 0. The maximum Gasteiger partial charge on any atom is 0.408 e. The Morgan fingerprint density at radius 3 is 1.68 bits per heavy atom. The maximum atomic E-state index is 17.0. The smallest absolute Gasteiger partial charge is 0.408 e. The molecule has 1 fully saturated rings. The Morgan fingerprint density at radius 1 is 0.696 bits per heavy atom. The number of esters is 1. The third kappa shape index (κ3) is 12.7. The minimum absolute atomic E-state index is 0.0110. The van der Waals surface area contributed by atoms with Crippen molar-refractivity contribution in [3.8, 4) is 0 Å². The number of nitrogens with one attached hydrogen (secondary N) is 2. The average Bonchev–Trinajstić information content (AvgIpc) is 3.20. The van der Waals surface area contributed by atoms with Crippen molar-refractivity contribution in [2.24, 2.45) is 0 Å². The van der Waals surface area contributed by atoms with Gasteiger partial charge in [-0.3, -0.25) is 4.79 Å². The SMILES string of the molecule is CCOC(=O)[C@H](CC(F)(F)[C@H]1O[C@H](COCc2ccccc2)[C@H](OCc2ccccc2)[C@H](OCc2ccccc2)[C@H]1NC(C)=O)NC(=O)OCc1ccccc1. The number of benzene rings is 4. The van der Waals surface area contributed by atoms with E-state index in [1.54, 1.807) is 30.3 Å². The molecule has 0 saturated carbocycles. The first-order valence-electron chi connectivity index (χ1n) is 18.5. The monoisotopic (exact) mass is 774 g/mol. The summed E-state index contributed by atoms with van der Waals surface area (Å²) in [6.45, 7) is 2.44. The van der Waals surface area contributed by atoms with Crippen LogP contribution in [0, 0.1) is 0 Å². The molecule has 2 amide bonds. The average molecular weight is 775 g/mol. The van der Waals surface area contributed by atoms with Crippen molar-refractivity contribution < 1.29 is 51.6 Å². The molecule has 5 rings (SSSR count). The van der Waals surface area contributed by atoms with E-state index < -0.39 is 66.8 Å². The standard InChI is InChI=1S/C43H48F2N2O9/c1-3-52-41(49)35(47-42(50)55-28-34-22-14-7-15-23-34)24-43(44,45)40-37(46-30(2)48)39(54-27-33-20-12-6-13-21-33)38(53-26-32-18-10-5-11-19-32)36(56-40)29-51-25-31-16-8-4-9-17-31/h4-23,35-40H,3,24-29H2,1-2H3,(H,46,48)(H,47,50)/t35-,36+,37+,38-,39+,40-/m0/s1. The van der Waals surface area contributed by atoms with Gasteiger partial charge in [-0.1, -0.05) is 121 Å². The van der Waals surface area contributed by atoms with Gasteiger partial charge < -0.3 is 39.1 Å². The molecule has 0 radical (unpaired) electrons. The Balaban J connectivity index is 1.46. The van der Waals surface area contributed by atoms with Crippen LogP contribution in [0.15, 0.2) is 121 Å². The third-order valence-corrected chi connectivity index (χ3v) is 8.99. The van der Waals surface area contributed by atoms with E-state index in [4.69, 9.17) is 28.4 Å². The highest BCUT2D eigenvalue weighted by Crippen LogP contribution is 2.38.